The van der Waals surface area contributed by atoms with Crippen molar-refractivity contribution < 1.29 is 14.3 Å². The van der Waals surface area contributed by atoms with Crippen LogP contribution in [0.4, 0.5) is 5.00 Å². The number of hydrogen-bond acceptors (Lipinski definition) is 5. The summed E-state index contributed by atoms with van der Waals surface area (Å²) in [4.78, 5) is 26.9. The van der Waals surface area contributed by atoms with Gasteiger partial charge in [-0.2, -0.15) is 5.26 Å². The fourth-order valence-corrected chi connectivity index (χ4v) is 4.77. The van der Waals surface area contributed by atoms with Crippen LogP contribution in [0.3, 0.4) is 0 Å². The molecular formula is C22H25N3O3S. The van der Waals surface area contributed by atoms with E-state index in [0.717, 1.165) is 43.2 Å². The Morgan fingerprint density at radius 2 is 2.07 bits per heavy atom. The number of ether oxygens (including phenoxy) is 1. The molecule has 0 spiro atoms. The number of aryl methyl sites for hydroxylation is 1. The van der Waals surface area contributed by atoms with Crippen LogP contribution in [-0.2, 0) is 24.0 Å². The summed E-state index contributed by atoms with van der Waals surface area (Å²) in [6.07, 6.45) is 4.95. The molecule has 6 nitrogen and oxygen atoms in total. The van der Waals surface area contributed by atoms with E-state index in [1.165, 1.54) is 16.2 Å². The highest BCUT2D eigenvalue weighted by Crippen LogP contribution is 2.38. The molecule has 1 heterocycles. The van der Waals surface area contributed by atoms with E-state index < -0.39 is 0 Å². The first-order valence-electron chi connectivity index (χ1n) is 9.83. The molecule has 1 aromatic heterocycles. The van der Waals surface area contributed by atoms with Crippen LogP contribution >= 0.6 is 11.3 Å². The average molecular weight is 412 g/mol. The molecular weight excluding hydrogens is 386 g/mol. The van der Waals surface area contributed by atoms with Gasteiger partial charge in [-0.15, -0.1) is 11.3 Å². The van der Waals surface area contributed by atoms with Gasteiger partial charge in [0.25, 0.3) is 11.8 Å². The highest BCUT2D eigenvalue weighted by molar-refractivity contribution is 7.17. The monoisotopic (exact) mass is 411 g/mol. The number of nitriles is 1. The highest BCUT2D eigenvalue weighted by atomic mass is 32.1. The van der Waals surface area contributed by atoms with Gasteiger partial charge in [-0.25, -0.2) is 0 Å². The number of hydrogen-bond donors (Lipinski definition) is 2. The Balaban J connectivity index is 1.82. The van der Waals surface area contributed by atoms with Crippen LogP contribution in [0.25, 0.3) is 0 Å². The Kier molecular flexibility index (Phi) is 7.39. The standard InChI is InChI=1S/C22H25N3O3S/c1-28-13-5-12-24-21(27)19-17-8-2-3-9-18(17)29-22(19)25-20(26)16-7-4-6-15(14-16)10-11-23/h4,6-7,14H,2-3,5,8-10,12-13H2,1H3,(H,24,27)(H,25,26). The van der Waals surface area contributed by atoms with Crippen LogP contribution < -0.4 is 10.6 Å². The Hall–Kier alpha value is -2.69. The molecule has 0 radical (unpaired) electrons. The Labute approximate surface area is 174 Å². The molecule has 3 rings (SSSR count). The summed E-state index contributed by atoms with van der Waals surface area (Å²) in [7, 11) is 1.64. The van der Waals surface area contributed by atoms with Crippen molar-refractivity contribution in [1.29, 1.82) is 5.26 Å². The fourth-order valence-electron chi connectivity index (χ4n) is 3.49. The van der Waals surface area contributed by atoms with E-state index in [9.17, 15) is 9.59 Å². The van der Waals surface area contributed by atoms with Crippen molar-refractivity contribution in [3.05, 3.63) is 51.4 Å². The molecule has 0 bridgehead atoms. The number of carbonyl (C=O) groups is 2. The summed E-state index contributed by atoms with van der Waals surface area (Å²) < 4.78 is 5.03. The largest absolute Gasteiger partial charge is 0.385 e. The van der Waals surface area contributed by atoms with Crippen molar-refractivity contribution in [2.45, 2.75) is 38.5 Å². The molecule has 0 atom stereocenters. The lowest BCUT2D eigenvalue weighted by Gasteiger charge is -2.13. The van der Waals surface area contributed by atoms with Gasteiger partial charge in [0.1, 0.15) is 5.00 Å². The van der Waals surface area contributed by atoms with E-state index in [-0.39, 0.29) is 18.2 Å². The SMILES string of the molecule is COCCCNC(=O)c1c(NC(=O)c2cccc(CC#N)c2)sc2c1CCCC2. The topological polar surface area (TPSA) is 91.2 Å². The van der Waals surface area contributed by atoms with Crippen molar-refractivity contribution in [1.82, 2.24) is 5.32 Å². The first-order valence-corrected chi connectivity index (χ1v) is 10.6. The second-order valence-corrected chi connectivity index (χ2v) is 8.11. The lowest BCUT2D eigenvalue weighted by atomic mass is 9.95. The predicted molar refractivity (Wildman–Crippen MR) is 113 cm³/mol. The Bertz CT molecular complexity index is 930. The molecule has 2 amide bonds. The molecule has 0 saturated carbocycles. The molecule has 152 valence electrons. The summed E-state index contributed by atoms with van der Waals surface area (Å²) in [5.74, 6) is -0.411. The second-order valence-electron chi connectivity index (χ2n) is 7.01. The average Bonchev–Trinajstić information content (AvgIpc) is 3.09. The Morgan fingerprint density at radius 3 is 2.86 bits per heavy atom. The van der Waals surface area contributed by atoms with Crippen molar-refractivity contribution in [2.24, 2.45) is 0 Å². The van der Waals surface area contributed by atoms with E-state index in [4.69, 9.17) is 10.00 Å². The lowest BCUT2D eigenvalue weighted by Crippen LogP contribution is -2.27. The van der Waals surface area contributed by atoms with E-state index in [2.05, 4.69) is 16.7 Å². The van der Waals surface area contributed by atoms with E-state index in [1.807, 2.05) is 6.07 Å². The fraction of sp³-hybridized carbons (Fsp3) is 0.409. The lowest BCUT2D eigenvalue weighted by molar-refractivity contribution is 0.0948. The third-order valence-electron chi connectivity index (χ3n) is 4.91. The molecule has 29 heavy (non-hydrogen) atoms. The van der Waals surface area contributed by atoms with Crippen LogP contribution in [0.15, 0.2) is 24.3 Å². The molecule has 2 N–H and O–H groups in total. The normalized spacial score (nSPS) is 12.7. The van der Waals surface area contributed by atoms with Gasteiger partial charge >= 0.3 is 0 Å². The van der Waals surface area contributed by atoms with Crippen LogP contribution in [-0.4, -0.2) is 32.1 Å². The zero-order chi connectivity index (χ0) is 20.6. The van der Waals surface area contributed by atoms with Crippen molar-refractivity contribution in [3.8, 4) is 6.07 Å². The smallest absolute Gasteiger partial charge is 0.256 e. The van der Waals surface area contributed by atoms with Gasteiger partial charge in [0.2, 0.25) is 0 Å². The maximum absolute atomic E-state index is 12.9. The first-order chi connectivity index (χ1) is 14.1. The number of nitrogens with one attached hydrogen (secondary N) is 2. The zero-order valence-corrected chi connectivity index (χ0v) is 17.4. The van der Waals surface area contributed by atoms with Gasteiger partial charge in [0, 0.05) is 30.7 Å². The predicted octanol–water partition coefficient (Wildman–Crippen LogP) is 3.71. The molecule has 0 fully saturated rings. The molecule has 2 aromatic rings. The second kappa shape index (κ2) is 10.2. The molecule has 0 unspecified atom stereocenters. The van der Waals surface area contributed by atoms with E-state index in [1.54, 1.807) is 25.3 Å². The number of benzene rings is 1. The summed E-state index contributed by atoms with van der Waals surface area (Å²) in [5.41, 5.74) is 2.94. The van der Waals surface area contributed by atoms with Crippen LogP contribution in [0, 0.1) is 11.3 Å². The van der Waals surface area contributed by atoms with Crippen LogP contribution in [0.2, 0.25) is 0 Å². The number of amides is 2. The zero-order valence-electron chi connectivity index (χ0n) is 16.5. The minimum atomic E-state index is -0.267. The van der Waals surface area contributed by atoms with Gasteiger partial charge in [0.05, 0.1) is 18.1 Å². The maximum atomic E-state index is 12.9. The highest BCUT2D eigenvalue weighted by Gasteiger charge is 2.26. The maximum Gasteiger partial charge on any atom is 0.256 e. The van der Waals surface area contributed by atoms with Gasteiger partial charge in [-0.05, 0) is 55.4 Å². The molecule has 0 saturated heterocycles. The first kappa shape index (κ1) is 21.0. The van der Waals surface area contributed by atoms with E-state index >= 15 is 0 Å². The molecule has 1 aromatic carbocycles. The number of carbonyl (C=O) groups excluding carboxylic acids is 2. The minimum Gasteiger partial charge on any atom is -0.385 e. The minimum absolute atomic E-state index is 0.144. The van der Waals surface area contributed by atoms with Gasteiger partial charge in [0.15, 0.2) is 0 Å². The number of methoxy groups -OCH3 is 1. The number of fused-ring (bicyclic) bond motifs is 1. The van der Waals surface area contributed by atoms with Crippen LogP contribution in [0.5, 0.6) is 0 Å². The van der Waals surface area contributed by atoms with E-state index in [0.29, 0.717) is 29.3 Å². The molecule has 1 aliphatic rings. The van der Waals surface area contributed by atoms with Crippen molar-refractivity contribution in [3.63, 3.8) is 0 Å². The number of rotatable bonds is 8. The van der Waals surface area contributed by atoms with Crippen molar-refractivity contribution >= 4 is 28.2 Å². The number of anilines is 1. The molecule has 1 aliphatic carbocycles. The molecule has 7 heteroatoms. The third kappa shape index (κ3) is 5.22. The summed E-state index contributed by atoms with van der Waals surface area (Å²) >= 11 is 1.50. The summed E-state index contributed by atoms with van der Waals surface area (Å²) in [5, 5.41) is 15.4. The number of nitrogens with zero attached hydrogens (tertiary/aromatic N) is 1. The Morgan fingerprint density at radius 1 is 1.24 bits per heavy atom. The summed E-state index contributed by atoms with van der Waals surface area (Å²) in [6, 6.07) is 9.12. The summed E-state index contributed by atoms with van der Waals surface area (Å²) in [6.45, 7) is 1.12. The van der Waals surface area contributed by atoms with Gasteiger partial charge in [-0.3, -0.25) is 9.59 Å². The third-order valence-corrected chi connectivity index (χ3v) is 6.12. The quantitative estimate of drug-likeness (QED) is 0.648. The van der Waals surface area contributed by atoms with Gasteiger partial charge in [-0.1, -0.05) is 12.1 Å². The molecule has 0 aliphatic heterocycles. The van der Waals surface area contributed by atoms with Crippen molar-refractivity contribution in [2.75, 3.05) is 25.6 Å². The van der Waals surface area contributed by atoms with Crippen LogP contribution in [0.1, 0.15) is 56.0 Å². The van der Waals surface area contributed by atoms with Gasteiger partial charge < -0.3 is 15.4 Å². The number of thiophene rings is 1.